The summed E-state index contributed by atoms with van der Waals surface area (Å²) in [7, 11) is 0. The van der Waals surface area contributed by atoms with Crippen LogP contribution in [0.15, 0.2) is 6.07 Å². The Bertz CT molecular complexity index is 480. The standard InChI is InChI=1S/C14H21NO4S/c1-8(2)11-7-10(13(20-11)14(17)18)19-6-5-12(16)15-9(3)4/h7-9H,5-6H2,1-4H3,(H,15,16)(H,17,18). The highest BCUT2D eigenvalue weighted by molar-refractivity contribution is 7.14. The van der Waals surface area contributed by atoms with E-state index in [9.17, 15) is 9.59 Å². The van der Waals surface area contributed by atoms with Crippen LogP contribution in [0.4, 0.5) is 0 Å². The largest absolute Gasteiger partial charge is 0.491 e. The first-order chi connectivity index (χ1) is 9.31. The summed E-state index contributed by atoms with van der Waals surface area (Å²) in [5.74, 6) is -0.497. The maximum Gasteiger partial charge on any atom is 0.349 e. The number of aromatic carboxylic acids is 1. The summed E-state index contributed by atoms with van der Waals surface area (Å²) in [6, 6.07) is 1.84. The Morgan fingerprint density at radius 1 is 1.35 bits per heavy atom. The third kappa shape index (κ3) is 4.85. The zero-order valence-corrected chi connectivity index (χ0v) is 13.0. The summed E-state index contributed by atoms with van der Waals surface area (Å²) in [5, 5.41) is 11.9. The lowest BCUT2D eigenvalue weighted by Crippen LogP contribution is -2.31. The van der Waals surface area contributed by atoms with E-state index in [1.807, 2.05) is 27.7 Å². The summed E-state index contributed by atoms with van der Waals surface area (Å²) in [5.41, 5.74) is 0. The second-order valence-electron chi connectivity index (χ2n) is 5.12. The van der Waals surface area contributed by atoms with E-state index in [1.54, 1.807) is 6.07 Å². The number of hydrogen-bond donors (Lipinski definition) is 2. The zero-order valence-electron chi connectivity index (χ0n) is 12.2. The van der Waals surface area contributed by atoms with E-state index in [0.29, 0.717) is 5.75 Å². The highest BCUT2D eigenvalue weighted by atomic mass is 32.1. The lowest BCUT2D eigenvalue weighted by Gasteiger charge is -2.09. The minimum atomic E-state index is -0.997. The highest BCUT2D eigenvalue weighted by Crippen LogP contribution is 2.33. The summed E-state index contributed by atoms with van der Waals surface area (Å²) in [6.07, 6.45) is 0.212. The zero-order chi connectivity index (χ0) is 15.3. The molecule has 0 aromatic carbocycles. The molecule has 1 rings (SSSR count). The van der Waals surface area contributed by atoms with Crippen molar-refractivity contribution in [2.75, 3.05) is 6.61 Å². The fourth-order valence-electron chi connectivity index (χ4n) is 1.58. The molecule has 1 aromatic rings. The molecule has 112 valence electrons. The predicted octanol–water partition coefficient (Wildman–Crippen LogP) is 2.86. The fraction of sp³-hybridized carbons (Fsp3) is 0.571. The molecule has 0 aliphatic rings. The number of nitrogens with one attached hydrogen (secondary N) is 1. The van der Waals surface area contributed by atoms with Gasteiger partial charge in [0.1, 0.15) is 5.75 Å². The van der Waals surface area contributed by atoms with Crippen molar-refractivity contribution in [3.63, 3.8) is 0 Å². The molecule has 0 saturated heterocycles. The normalized spacial score (nSPS) is 10.9. The van der Waals surface area contributed by atoms with Crippen LogP contribution in [0.1, 0.15) is 54.6 Å². The molecule has 2 N–H and O–H groups in total. The van der Waals surface area contributed by atoms with Crippen molar-refractivity contribution in [2.45, 2.75) is 46.1 Å². The third-order valence-corrected chi connectivity index (χ3v) is 3.92. The third-order valence-electron chi connectivity index (χ3n) is 2.52. The number of rotatable bonds is 7. The minimum absolute atomic E-state index is 0.0887. The number of carboxylic acid groups (broad SMARTS) is 1. The number of hydrogen-bond acceptors (Lipinski definition) is 4. The molecule has 0 unspecified atom stereocenters. The molecule has 1 amide bonds. The lowest BCUT2D eigenvalue weighted by molar-refractivity contribution is -0.122. The fourth-order valence-corrected chi connectivity index (χ4v) is 2.52. The van der Waals surface area contributed by atoms with Gasteiger partial charge in [0.25, 0.3) is 0 Å². The van der Waals surface area contributed by atoms with Crippen molar-refractivity contribution in [1.29, 1.82) is 0 Å². The van der Waals surface area contributed by atoms with Gasteiger partial charge in [-0.1, -0.05) is 13.8 Å². The van der Waals surface area contributed by atoms with Gasteiger partial charge in [0.2, 0.25) is 5.91 Å². The van der Waals surface area contributed by atoms with Gasteiger partial charge in [-0.3, -0.25) is 4.79 Å². The summed E-state index contributed by atoms with van der Waals surface area (Å²) < 4.78 is 5.45. The van der Waals surface area contributed by atoms with E-state index >= 15 is 0 Å². The first-order valence-corrected chi connectivity index (χ1v) is 7.42. The highest BCUT2D eigenvalue weighted by Gasteiger charge is 2.18. The van der Waals surface area contributed by atoms with Gasteiger partial charge < -0.3 is 15.2 Å². The van der Waals surface area contributed by atoms with Crippen molar-refractivity contribution in [3.05, 3.63) is 15.8 Å². The van der Waals surface area contributed by atoms with Gasteiger partial charge in [0.05, 0.1) is 13.0 Å². The van der Waals surface area contributed by atoms with Gasteiger partial charge in [0.15, 0.2) is 4.88 Å². The van der Waals surface area contributed by atoms with Gasteiger partial charge in [-0.05, 0) is 25.8 Å². The molecule has 0 saturated carbocycles. The molecule has 1 heterocycles. The average molecular weight is 299 g/mol. The van der Waals surface area contributed by atoms with Gasteiger partial charge >= 0.3 is 5.97 Å². The lowest BCUT2D eigenvalue weighted by atomic mass is 10.2. The van der Waals surface area contributed by atoms with E-state index in [-0.39, 0.29) is 35.8 Å². The van der Waals surface area contributed by atoms with Crippen molar-refractivity contribution in [2.24, 2.45) is 0 Å². The molecule has 20 heavy (non-hydrogen) atoms. The van der Waals surface area contributed by atoms with Crippen molar-refractivity contribution >= 4 is 23.2 Å². The topological polar surface area (TPSA) is 75.6 Å². The van der Waals surface area contributed by atoms with E-state index in [2.05, 4.69) is 5.32 Å². The van der Waals surface area contributed by atoms with Crippen LogP contribution < -0.4 is 10.1 Å². The van der Waals surface area contributed by atoms with Crippen LogP contribution >= 0.6 is 11.3 Å². The van der Waals surface area contributed by atoms with Gasteiger partial charge in [-0.15, -0.1) is 11.3 Å². The van der Waals surface area contributed by atoms with Crippen molar-refractivity contribution < 1.29 is 19.4 Å². The van der Waals surface area contributed by atoms with Crippen LogP contribution in [0.3, 0.4) is 0 Å². The Balaban J connectivity index is 2.63. The Kier molecular flexibility index (Phi) is 6.01. The van der Waals surface area contributed by atoms with E-state index in [0.717, 1.165) is 4.88 Å². The number of carboxylic acids is 1. The molecule has 1 aromatic heterocycles. The van der Waals surface area contributed by atoms with Crippen LogP contribution in [0.25, 0.3) is 0 Å². The number of carbonyl (C=O) groups excluding carboxylic acids is 1. The van der Waals surface area contributed by atoms with Gasteiger partial charge in [-0.25, -0.2) is 4.79 Å². The molecule has 0 radical (unpaired) electrons. The molecule has 0 bridgehead atoms. The van der Waals surface area contributed by atoms with E-state index in [4.69, 9.17) is 9.84 Å². The van der Waals surface area contributed by atoms with Crippen LogP contribution in [0, 0.1) is 0 Å². The van der Waals surface area contributed by atoms with Crippen LogP contribution in [-0.4, -0.2) is 29.6 Å². The molecule has 0 aliphatic heterocycles. The second-order valence-corrected chi connectivity index (χ2v) is 6.21. The Morgan fingerprint density at radius 2 is 2.00 bits per heavy atom. The first-order valence-electron chi connectivity index (χ1n) is 6.60. The molecule has 5 nitrogen and oxygen atoms in total. The molecule has 0 spiro atoms. The van der Waals surface area contributed by atoms with Crippen LogP contribution in [-0.2, 0) is 4.79 Å². The Morgan fingerprint density at radius 3 is 2.50 bits per heavy atom. The maximum atomic E-state index is 11.5. The number of carbonyl (C=O) groups is 2. The van der Waals surface area contributed by atoms with E-state index in [1.165, 1.54) is 11.3 Å². The smallest absolute Gasteiger partial charge is 0.349 e. The van der Waals surface area contributed by atoms with Gasteiger partial charge in [-0.2, -0.15) is 0 Å². The maximum absolute atomic E-state index is 11.5. The Hall–Kier alpha value is -1.56. The predicted molar refractivity (Wildman–Crippen MR) is 78.8 cm³/mol. The summed E-state index contributed by atoms with van der Waals surface area (Å²) in [4.78, 5) is 23.8. The van der Waals surface area contributed by atoms with Crippen LogP contribution in [0.5, 0.6) is 5.75 Å². The SMILES string of the molecule is CC(C)NC(=O)CCOc1cc(C(C)C)sc1C(=O)O. The second kappa shape index (κ2) is 7.28. The molecule has 0 atom stereocenters. The number of ether oxygens (including phenoxy) is 1. The van der Waals surface area contributed by atoms with Crippen LogP contribution in [0.2, 0.25) is 0 Å². The van der Waals surface area contributed by atoms with Gasteiger partial charge in [0, 0.05) is 10.9 Å². The molecular formula is C14H21NO4S. The summed E-state index contributed by atoms with van der Waals surface area (Å²) in [6.45, 7) is 7.94. The quantitative estimate of drug-likeness (QED) is 0.811. The summed E-state index contributed by atoms with van der Waals surface area (Å²) >= 11 is 1.22. The average Bonchev–Trinajstić information content (AvgIpc) is 2.72. The first kappa shape index (κ1) is 16.5. The molecule has 0 aliphatic carbocycles. The van der Waals surface area contributed by atoms with Crippen molar-refractivity contribution in [3.8, 4) is 5.75 Å². The molecular weight excluding hydrogens is 278 g/mol. The number of amides is 1. The van der Waals surface area contributed by atoms with Crippen molar-refractivity contribution in [1.82, 2.24) is 5.32 Å². The monoisotopic (exact) mass is 299 g/mol. The van der Waals surface area contributed by atoms with E-state index < -0.39 is 5.97 Å². The number of thiophene rings is 1. The minimum Gasteiger partial charge on any atom is -0.491 e. The molecule has 6 heteroatoms. The molecule has 0 fully saturated rings. The Labute approximate surface area is 123 Å².